The van der Waals surface area contributed by atoms with Crippen LogP contribution >= 0.6 is 0 Å². The fraction of sp³-hybridized carbons (Fsp3) is 0.286. The molecule has 0 radical (unpaired) electrons. The Kier molecular flexibility index (Phi) is 4.73. The molecule has 6 heteroatoms. The number of carbonyl (C=O) groups excluding carboxylic acids is 1. The predicted molar refractivity (Wildman–Crippen MR) is 76.2 cm³/mol. The third-order valence-electron chi connectivity index (χ3n) is 2.93. The largest absolute Gasteiger partial charge is 0.395 e. The van der Waals surface area contributed by atoms with Gasteiger partial charge in [-0.15, -0.1) is 0 Å². The highest BCUT2D eigenvalue weighted by Crippen LogP contribution is 2.08. The van der Waals surface area contributed by atoms with Crippen molar-refractivity contribution >= 4 is 11.8 Å². The van der Waals surface area contributed by atoms with Gasteiger partial charge in [0.25, 0.3) is 0 Å². The molecule has 2 aromatic rings. The molecule has 6 nitrogen and oxygen atoms in total. The molecule has 0 bridgehead atoms. The zero-order chi connectivity index (χ0) is 14.4. The number of anilines is 1. The van der Waals surface area contributed by atoms with E-state index in [1.807, 2.05) is 30.3 Å². The highest BCUT2D eigenvalue weighted by atomic mass is 16.3. The number of aromatic nitrogens is 2. The minimum atomic E-state index is -0.258. The van der Waals surface area contributed by atoms with Crippen LogP contribution in [0.3, 0.4) is 0 Å². The summed E-state index contributed by atoms with van der Waals surface area (Å²) in [4.78, 5) is 13.8. The van der Waals surface area contributed by atoms with Crippen LogP contribution in [0.5, 0.6) is 0 Å². The summed E-state index contributed by atoms with van der Waals surface area (Å²) >= 11 is 0. The Morgan fingerprint density at radius 3 is 2.70 bits per heavy atom. The lowest BCUT2D eigenvalue weighted by molar-refractivity contribution is 0.185. The van der Waals surface area contributed by atoms with Gasteiger partial charge in [0.05, 0.1) is 12.8 Å². The average Bonchev–Trinajstić information content (AvgIpc) is 2.85. The van der Waals surface area contributed by atoms with Gasteiger partial charge in [-0.25, -0.2) is 4.79 Å². The van der Waals surface area contributed by atoms with Crippen molar-refractivity contribution in [2.45, 2.75) is 6.54 Å². The molecule has 0 saturated carbocycles. The molecular weight excluding hydrogens is 256 g/mol. The zero-order valence-electron chi connectivity index (χ0n) is 11.4. The van der Waals surface area contributed by atoms with Gasteiger partial charge in [0, 0.05) is 26.2 Å². The number of benzene rings is 1. The number of hydrogen-bond acceptors (Lipinski definition) is 3. The van der Waals surface area contributed by atoms with Crippen LogP contribution < -0.4 is 5.32 Å². The Hall–Kier alpha value is -2.34. The molecule has 1 aromatic carbocycles. The summed E-state index contributed by atoms with van der Waals surface area (Å²) in [5.41, 5.74) is 1.01. The van der Waals surface area contributed by atoms with Crippen molar-refractivity contribution < 1.29 is 9.90 Å². The molecular formula is C14H18N4O2. The van der Waals surface area contributed by atoms with E-state index in [4.69, 9.17) is 5.11 Å². The Morgan fingerprint density at radius 1 is 1.35 bits per heavy atom. The standard InChI is InChI=1S/C14H18N4O2/c1-17-13(7-8-15-17)16-14(20)18(9-10-19)11-12-5-3-2-4-6-12/h2-8,19H,9-11H2,1H3,(H,16,20). The van der Waals surface area contributed by atoms with Crippen molar-refractivity contribution in [2.24, 2.45) is 7.05 Å². The first kappa shape index (κ1) is 14.1. The molecule has 0 fully saturated rings. The van der Waals surface area contributed by atoms with Crippen molar-refractivity contribution in [1.82, 2.24) is 14.7 Å². The van der Waals surface area contributed by atoms with Crippen LogP contribution in [0.25, 0.3) is 0 Å². The van der Waals surface area contributed by atoms with Crippen molar-refractivity contribution in [1.29, 1.82) is 0 Å². The van der Waals surface area contributed by atoms with Gasteiger partial charge in [0.15, 0.2) is 0 Å². The van der Waals surface area contributed by atoms with Gasteiger partial charge in [0.2, 0.25) is 0 Å². The summed E-state index contributed by atoms with van der Waals surface area (Å²) in [5.74, 6) is 0.617. The van der Waals surface area contributed by atoms with Gasteiger partial charge < -0.3 is 10.0 Å². The first-order valence-electron chi connectivity index (χ1n) is 6.39. The van der Waals surface area contributed by atoms with Gasteiger partial charge in [-0.05, 0) is 5.56 Å². The smallest absolute Gasteiger partial charge is 0.323 e. The maximum atomic E-state index is 12.2. The van der Waals surface area contributed by atoms with E-state index in [9.17, 15) is 4.79 Å². The van der Waals surface area contributed by atoms with Crippen LogP contribution in [0.4, 0.5) is 10.6 Å². The quantitative estimate of drug-likeness (QED) is 0.867. The van der Waals surface area contributed by atoms with E-state index >= 15 is 0 Å². The van der Waals surface area contributed by atoms with Crippen molar-refractivity contribution in [3.63, 3.8) is 0 Å². The lowest BCUT2D eigenvalue weighted by atomic mass is 10.2. The Balaban J connectivity index is 2.04. The summed E-state index contributed by atoms with van der Waals surface area (Å²) in [6.45, 7) is 0.648. The third kappa shape index (κ3) is 3.58. The fourth-order valence-electron chi connectivity index (χ4n) is 1.86. The van der Waals surface area contributed by atoms with Crippen LogP contribution in [0, 0.1) is 0 Å². The molecule has 1 heterocycles. The summed E-state index contributed by atoms with van der Waals surface area (Å²) in [6, 6.07) is 11.1. The van der Waals surface area contributed by atoms with Gasteiger partial charge in [0.1, 0.15) is 5.82 Å². The summed E-state index contributed by atoms with van der Waals surface area (Å²) in [7, 11) is 1.75. The predicted octanol–water partition coefficient (Wildman–Crippen LogP) is 1.45. The van der Waals surface area contributed by atoms with Gasteiger partial charge >= 0.3 is 6.03 Å². The number of rotatable bonds is 5. The van der Waals surface area contributed by atoms with Crippen LogP contribution in [0.1, 0.15) is 5.56 Å². The maximum Gasteiger partial charge on any atom is 0.323 e. The number of hydrogen-bond donors (Lipinski definition) is 2. The first-order chi connectivity index (χ1) is 9.70. The van der Waals surface area contributed by atoms with E-state index < -0.39 is 0 Å². The number of nitrogens with zero attached hydrogens (tertiary/aromatic N) is 3. The number of aliphatic hydroxyl groups is 1. The third-order valence-corrected chi connectivity index (χ3v) is 2.93. The summed E-state index contributed by atoms with van der Waals surface area (Å²) < 4.78 is 1.58. The van der Waals surface area contributed by atoms with E-state index in [1.54, 1.807) is 28.9 Å². The number of carbonyl (C=O) groups is 1. The Morgan fingerprint density at radius 2 is 2.10 bits per heavy atom. The molecule has 0 atom stereocenters. The van der Waals surface area contributed by atoms with E-state index in [0.717, 1.165) is 5.56 Å². The molecule has 0 aliphatic rings. The SMILES string of the molecule is Cn1nccc1NC(=O)N(CCO)Cc1ccccc1. The lowest BCUT2D eigenvalue weighted by Crippen LogP contribution is -2.37. The number of aliphatic hydroxyl groups excluding tert-OH is 1. The molecule has 2 rings (SSSR count). The van der Waals surface area contributed by atoms with E-state index in [0.29, 0.717) is 12.4 Å². The number of urea groups is 1. The number of amides is 2. The van der Waals surface area contributed by atoms with Crippen LogP contribution in [0.2, 0.25) is 0 Å². The molecule has 0 aliphatic carbocycles. The summed E-state index contributed by atoms with van der Waals surface area (Å²) in [6.07, 6.45) is 1.61. The van der Waals surface area contributed by atoms with Gasteiger partial charge in [-0.1, -0.05) is 30.3 Å². The molecule has 0 saturated heterocycles. The minimum absolute atomic E-state index is 0.0777. The summed E-state index contributed by atoms with van der Waals surface area (Å²) in [5, 5.41) is 15.9. The topological polar surface area (TPSA) is 70.4 Å². The molecule has 106 valence electrons. The van der Waals surface area contributed by atoms with Crippen LogP contribution in [-0.2, 0) is 13.6 Å². The minimum Gasteiger partial charge on any atom is -0.395 e. The molecule has 2 N–H and O–H groups in total. The van der Waals surface area contributed by atoms with Gasteiger partial charge in [-0.2, -0.15) is 5.10 Å². The molecule has 20 heavy (non-hydrogen) atoms. The van der Waals surface area contributed by atoms with Crippen molar-refractivity contribution in [2.75, 3.05) is 18.5 Å². The van der Waals surface area contributed by atoms with E-state index in [1.165, 1.54) is 0 Å². The second kappa shape index (κ2) is 6.72. The highest BCUT2D eigenvalue weighted by Gasteiger charge is 2.14. The molecule has 0 aliphatic heterocycles. The van der Waals surface area contributed by atoms with Crippen molar-refractivity contribution in [3.8, 4) is 0 Å². The monoisotopic (exact) mass is 274 g/mol. The Labute approximate surface area is 117 Å². The number of aryl methyl sites for hydroxylation is 1. The normalized spacial score (nSPS) is 10.3. The highest BCUT2D eigenvalue weighted by molar-refractivity contribution is 5.88. The van der Waals surface area contributed by atoms with Crippen LogP contribution in [0.15, 0.2) is 42.6 Å². The maximum absolute atomic E-state index is 12.2. The van der Waals surface area contributed by atoms with Crippen LogP contribution in [-0.4, -0.2) is 39.0 Å². The Bertz CT molecular complexity index is 553. The molecule has 1 aromatic heterocycles. The lowest BCUT2D eigenvalue weighted by Gasteiger charge is -2.22. The zero-order valence-corrected chi connectivity index (χ0v) is 11.4. The fourth-order valence-corrected chi connectivity index (χ4v) is 1.86. The molecule has 0 spiro atoms. The average molecular weight is 274 g/mol. The number of nitrogens with one attached hydrogen (secondary N) is 1. The molecule has 0 unspecified atom stereocenters. The van der Waals surface area contributed by atoms with E-state index in [-0.39, 0.29) is 19.2 Å². The molecule has 2 amide bonds. The first-order valence-corrected chi connectivity index (χ1v) is 6.39. The van der Waals surface area contributed by atoms with Gasteiger partial charge in [-0.3, -0.25) is 10.00 Å². The van der Waals surface area contributed by atoms with Crippen molar-refractivity contribution in [3.05, 3.63) is 48.2 Å². The second-order valence-electron chi connectivity index (χ2n) is 4.40. The van der Waals surface area contributed by atoms with E-state index in [2.05, 4.69) is 10.4 Å². The second-order valence-corrected chi connectivity index (χ2v) is 4.40.